The van der Waals surface area contributed by atoms with Gasteiger partial charge >= 0.3 is 0 Å². The van der Waals surface area contributed by atoms with Crippen molar-refractivity contribution in [1.82, 2.24) is 19.7 Å². The molecule has 0 bridgehead atoms. The summed E-state index contributed by atoms with van der Waals surface area (Å²) in [6.07, 6.45) is 3.55. The minimum atomic E-state index is 0.845. The van der Waals surface area contributed by atoms with Crippen LogP contribution in [0.25, 0.3) is 17.1 Å². The molecule has 3 aromatic rings. The molecule has 5 heteroatoms. The quantitative estimate of drug-likeness (QED) is 0.688. The Bertz CT molecular complexity index is 720. The number of nitrogens with zero attached hydrogens (tertiary/aromatic N) is 4. The summed E-state index contributed by atoms with van der Waals surface area (Å²) in [4.78, 5) is 4.07. The Morgan fingerprint density at radius 2 is 1.71 bits per heavy atom. The Kier molecular flexibility index (Phi) is 4.01. The highest BCUT2D eigenvalue weighted by atomic mass is 32.2. The maximum absolute atomic E-state index is 4.37. The minimum absolute atomic E-state index is 0.845. The molecule has 0 amide bonds. The predicted octanol–water partition coefficient (Wildman–Crippen LogP) is 3.75. The summed E-state index contributed by atoms with van der Waals surface area (Å²) >= 11 is 1.69. The average Bonchev–Trinajstić information content (AvgIpc) is 2.93. The first-order chi connectivity index (χ1) is 10.3. The third-order valence-corrected chi connectivity index (χ3v) is 3.95. The van der Waals surface area contributed by atoms with Crippen LogP contribution in [0, 0.1) is 6.92 Å². The Labute approximate surface area is 128 Å². The second-order valence-corrected chi connectivity index (χ2v) is 5.88. The Balaban J connectivity index is 2.16. The smallest absolute Gasteiger partial charge is 0.196 e. The van der Waals surface area contributed by atoms with Gasteiger partial charge in [0, 0.05) is 23.6 Å². The molecule has 0 unspecified atom stereocenters. The van der Waals surface area contributed by atoms with Gasteiger partial charge in [-0.15, -0.1) is 10.2 Å². The molecule has 0 atom stereocenters. The van der Waals surface area contributed by atoms with Crippen LogP contribution in [0.15, 0.2) is 53.9 Å². The van der Waals surface area contributed by atoms with Crippen molar-refractivity contribution in [3.63, 3.8) is 0 Å². The zero-order valence-electron chi connectivity index (χ0n) is 12.0. The molecule has 0 saturated heterocycles. The van der Waals surface area contributed by atoms with E-state index in [-0.39, 0.29) is 0 Å². The fourth-order valence-corrected chi connectivity index (χ4v) is 2.78. The second-order valence-electron chi connectivity index (χ2n) is 4.65. The number of hydrogen-bond donors (Lipinski definition) is 0. The lowest BCUT2D eigenvalue weighted by molar-refractivity contribution is 0.886. The van der Waals surface area contributed by atoms with Crippen LogP contribution in [0.4, 0.5) is 0 Å². The third-order valence-electron chi connectivity index (χ3n) is 3.14. The molecule has 106 valence electrons. The summed E-state index contributed by atoms with van der Waals surface area (Å²) < 4.78 is 2.10. The lowest BCUT2D eigenvalue weighted by Gasteiger charge is -2.10. The maximum Gasteiger partial charge on any atom is 0.196 e. The molecule has 0 fully saturated rings. The molecule has 1 aromatic carbocycles. The van der Waals surface area contributed by atoms with Crippen molar-refractivity contribution in [3.8, 4) is 17.1 Å². The van der Waals surface area contributed by atoms with Crippen molar-refractivity contribution in [2.75, 3.05) is 5.75 Å². The number of pyridine rings is 1. The molecule has 21 heavy (non-hydrogen) atoms. The van der Waals surface area contributed by atoms with Crippen LogP contribution < -0.4 is 0 Å². The van der Waals surface area contributed by atoms with Crippen molar-refractivity contribution >= 4 is 11.8 Å². The Hall–Kier alpha value is -2.14. The number of benzene rings is 1. The summed E-state index contributed by atoms with van der Waals surface area (Å²) in [6.45, 7) is 4.20. The summed E-state index contributed by atoms with van der Waals surface area (Å²) in [6, 6.07) is 12.3. The van der Waals surface area contributed by atoms with Gasteiger partial charge in [0.25, 0.3) is 0 Å². The van der Waals surface area contributed by atoms with Crippen molar-refractivity contribution < 1.29 is 0 Å². The van der Waals surface area contributed by atoms with E-state index >= 15 is 0 Å². The molecule has 0 aliphatic heterocycles. The molecule has 3 rings (SSSR count). The lowest BCUT2D eigenvalue weighted by Crippen LogP contribution is -1.99. The predicted molar refractivity (Wildman–Crippen MR) is 85.7 cm³/mol. The average molecular weight is 296 g/mol. The van der Waals surface area contributed by atoms with Crippen LogP contribution in [0.5, 0.6) is 0 Å². The molecule has 0 radical (unpaired) electrons. The Morgan fingerprint density at radius 3 is 2.38 bits per heavy atom. The van der Waals surface area contributed by atoms with E-state index in [1.807, 2.05) is 12.1 Å². The van der Waals surface area contributed by atoms with E-state index in [1.165, 1.54) is 5.56 Å². The van der Waals surface area contributed by atoms with Crippen LogP contribution in [-0.4, -0.2) is 25.5 Å². The summed E-state index contributed by atoms with van der Waals surface area (Å²) in [5.41, 5.74) is 3.33. The fourth-order valence-electron chi connectivity index (χ4n) is 2.11. The topological polar surface area (TPSA) is 43.6 Å². The third kappa shape index (κ3) is 2.83. The standard InChI is InChI=1S/C16H16N4S/c1-3-21-16-19-18-15(13-8-10-17-11-9-13)20(16)14-6-4-12(2)5-7-14/h4-11H,3H2,1-2H3. The van der Waals surface area contributed by atoms with E-state index in [0.29, 0.717) is 0 Å². The van der Waals surface area contributed by atoms with E-state index < -0.39 is 0 Å². The van der Waals surface area contributed by atoms with Gasteiger partial charge < -0.3 is 0 Å². The van der Waals surface area contributed by atoms with Crippen molar-refractivity contribution in [2.24, 2.45) is 0 Å². The highest BCUT2D eigenvalue weighted by Crippen LogP contribution is 2.27. The molecule has 0 aliphatic carbocycles. The summed E-state index contributed by atoms with van der Waals surface area (Å²) in [5, 5.41) is 9.62. The number of aryl methyl sites for hydroxylation is 1. The molecule has 4 nitrogen and oxygen atoms in total. The molecule has 0 aliphatic rings. The molecule has 2 aromatic heterocycles. The number of aromatic nitrogens is 4. The van der Waals surface area contributed by atoms with Crippen LogP contribution in [0.1, 0.15) is 12.5 Å². The van der Waals surface area contributed by atoms with Crippen molar-refractivity contribution in [1.29, 1.82) is 0 Å². The van der Waals surface area contributed by atoms with Gasteiger partial charge in [-0.25, -0.2) is 0 Å². The fraction of sp³-hybridized carbons (Fsp3) is 0.188. The molecule has 2 heterocycles. The van der Waals surface area contributed by atoms with E-state index in [9.17, 15) is 0 Å². The zero-order chi connectivity index (χ0) is 14.7. The summed E-state index contributed by atoms with van der Waals surface area (Å²) in [7, 11) is 0. The SMILES string of the molecule is CCSc1nnc(-c2ccncc2)n1-c1ccc(C)cc1. The minimum Gasteiger partial charge on any atom is -0.270 e. The largest absolute Gasteiger partial charge is 0.270 e. The maximum atomic E-state index is 4.37. The number of hydrogen-bond acceptors (Lipinski definition) is 4. The highest BCUT2D eigenvalue weighted by molar-refractivity contribution is 7.99. The van der Waals surface area contributed by atoms with E-state index in [1.54, 1.807) is 24.2 Å². The van der Waals surface area contributed by atoms with E-state index in [0.717, 1.165) is 28.0 Å². The first-order valence-corrected chi connectivity index (χ1v) is 7.84. The number of rotatable bonds is 4. The highest BCUT2D eigenvalue weighted by Gasteiger charge is 2.15. The van der Waals surface area contributed by atoms with Gasteiger partial charge in [0.05, 0.1) is 0 Å². The van der Waals surface area contributed by atoms with Crippen molar-refractivity contribution in [2.45, 2.75) is 19.0 Å². The lowest BCUT2D eigenvalue weighted by atomic mass is 10.2. The first-order valence-electron chi connectivity index (χ1n) is 6.85. The van der Waals surface area contributed by atoms with Gasteiger partial charge in [-0.05, 0) is 36.9 Å². The van der Waals surface area contributed by atoms with Gasteiger partial charge in [0.15, 0.2) is 11.0 Å². The van der Waals surface area contributed by atoms with Crippen LogP contribution in [0.3, 0.4) is 0 Å². The van der Waals surface area contributed by atoms with Gasteiger partial charge in [0.1, 0.15) is 0 Å². The van der Waals surface area contributed by atoms with Gasteiger partial charge in [-0.3, -0.25) is 9.55 Å². The van der Waals surface area contributed by atoms with Crippen molar-refractivity contribution in [3.05, 3.63) is 54.4 Å². The molecular weight excluding hydrogens is 280 g/mol. The molecular formula is C16H16N4S. The first kappa shape index (κ1) is 13.8. The second kappa shape index (κ2) is 6.10. The molecule has 0 saturated carbocycles. The van der Waals surface area contributed by atoms with Gasteiger partial charge in [0.2, 0.25) is 0 Å². The normalized spacial score (nSPS) is 10.8. The van der Waals surface area contributed by atoms with Gasteiger partial charge in [-0.2, -0.15) is 0 Å². The Morgan fingerprint density at radius 1 is 1.00 bits per heavy atom. The number of thioether (sulfide) groups is 1. The zero-order valence-corrected chi connectivity index (χ0v) is 12.8. The molecule has 0 spiro atoms. The van der Waals surface area contributed by atoms with Gasteiger partial charge in [-0.1, -0.05) is 36.4 Å². The van der Waals surface area contributed by atoms with Crippen LogP contribution >= 0.6 is 11.8 Å². The van der Waals surface area contributed by atoms with E-state index in [2.05, 4.69) is 57.9 Å². The van der Waals surface area contributed by atoms with Crippen LogP contribution in [0.2, 0.25) is 0 Å². The summed E-state index contributed by atoms with van der Waals surface area (Å²) in [5.74, 6) is 1.80. The monoisotopic (exact) mass is 296 g/mol. The molecule has 0 N–H and O–H groups in total. The van der Waals surface area contributed by atoms with Crippen LogP contribution in [-0.2, 0) is 0 Å². The van der Waals surface area contributed by atoms with E-state index in [4.69, 9.17) is 0 Å².